The van der Waals surface area contributed by atoms with Crippen LogP contribution in [-0.2, 0) is 5.41 Å². The van der Waals surface area contributed by atoms with Crippen molar-refractivity contribution in [3.63, 3.8) is 0 Å². The van der Waals surface area contributed by atoms with Gasteiger partial charge < -0.3 is 4.90 Å². The van der Waals surface area contributed by atoms with Gasteiger partial charge in [-0.1, -0.05) is 170 Å². The van der Waals surface area contributed by atoms with Gasteiger partial charge in [0.05, 0.1) is 17.1 Å². The molecule has 4 saturated carbocycles. The van der Waals surface area contributed by atoms with Gasteiger partial charge in [-0.15, -0.1) is 0 Å². The highest BCUT2D eigenvalue weighted by atomic mass is 28.3. The molecule has 7 aromatic carbocycles. The predicted molar refractivity (Wildman–Crippen MR) is 228 cm³/mol. The lowest BCUT2D eigenvalue weighted by Gasteiger charge is -2.64. The number of para-hydroxylation sites is 3. The van der Waals surface area contributed by atoms with E-state index in [9.17, 15) is 0 Å². The minimum Gasteiger partial charge on any atom is -0.309 e. The molecule has 4 bridgehead atoms. The average Bonchev–Trinajstić information content (AvgIpc) is 3.24. The van der Waals surface area contributed by atoms with E-state index in [-0.39, 0.29) is 5.41 Å². The van der Waals surface area contributed by atoms with E-state index < -0.39 is 8.07 Å². The van der Waals surface area contributed by atoms with E-state index in [0.29, 0.717) is 0 Å². The highest BCUT2D eigenvalue weighted by molar-refractivity contribution is 7.19. The zero-order chi connectivity index (χ0) is 35.7. The van der Waals surface area contributed by atoms with E-state index in [0.717, 1.165) is 23.7 Å². The Morgan fingerprint density at radius 2 is 0.815 bits per heavy atom. The Bertz CT molecular complexity index is 2300. The molecule has 5 aliphatic rings. The highest BCUT2D eigenvalue weighted by Gasteiger charge is 2.61. The van der Waals surface area contributed by atoms with Crippen molar-refractivity contribution in [2.45, 2.75) is 37.5 Å². The summed E-state index contributed by atoms with van der Waals surface area (Å²) in [6.07, 6.45) is 7.00. The van der Waals surface area contributed by atoms with E-state index in [2.05, 4.69) is 193 Å². The molecule has 262 valence electrons. The number of hydrogen-bond acceptors (Lipinski definition) is 1. The molecule has 2 heteroatoms. The number of anilines is 3. The standard InChI is InChI=1S/C52H45NSi/c1-4-18-42(19-5-1)54(43-20-6-2-7-21-43,44-22-8-3-9-23-44)45-24-16-17-39(36-45)46-25-10-13-28-49(46)53-50-29-14-11-26-47(50)52(48-27-12-15-30-51(48)53)40-32-37-31-38(34-40)35-41(52)33-37/h1-30,36-38,40-41H,31-35H2/t37-,38?,40-,41?/m0/s1. The third kappa shape index (κ3) is 4.56. The quantitative estimate of drug-likeness (QED) is 0.123. The molecule has 1 aliphatic heterocycles. The van der Waals surface area contributed by atoms with E-state index in [1.54, 1.807) is 11.1 Å². The van der Waals surface area contributed by atoms with Gasteiger partial charge in [0.15, 0.2) is 8.07 Å². The zero-order valence-corrected chi connectivity index (χ0v) is 31.7. The molecule has 7 aromatic rings. The topological polar surface area (TPSA) is 3.24 Å². The monoisotopic (exact) mass is 711 g/mol. The molecule has 0 saturated heterocycles. The number of rotatable bonds is 6. The summed E-state index contributed by atoms with van der Waals surface area (Å²) >= 11 is 0. The minimum absolute atomic E-state index is 0.0955. The molecule has 4 aliphatic carbocycles. The third-order valence-electron chi connectivity index (χ3n) is 14.0. The van der Waals surface area contributed by atoms with Crippen molar-refractivity contribution in [1.82, 2.24) is 0 Å². The average molecular weight is 712 g/mol. The van der Waals surface area contributed by atoms with Gasteiger partial charge in [0.25, 0.3) is 0 Å². The van der Waals surface area contributed by atoms with E-state index in [1.807, 2.05) is 0 Å². The summed E-state index contributed by atoms with van der Waals surface area (Å²) in [7, 11) is -2.69. The molecule has 54 heavy (non-hydrogen) atoms. The van der Waals surface area contributed by atoms with Crippen LogP contribution in [0.2, 0.25) is 0 Å². The second-order valence-electron chi connectivity index (χ2n) is 16.5. The molecular weight excluding hydrogens is 667 g/mol. The Morgan fingerprint density at radius 1 is 0.389 bits per heavy atom. The minimum atomic E-state index is -2.69. The fourth-order valence-corrected chi connectivity index (χ4v) is 17.1. The lowest BCUT2D eigenvalue weighted by Crippen LogP contribution is -2.74. The van der Waals surface area contributed by atoms with Crippen molar-refractivity contribution in [3.8, 4) is 11.1 Å². The van der Waals surface area contributed by atoms with Crippen LogP contribution in [0.15, 0.2) is 188 Å². The first-order valence-corrected chi connectivity index (χ1v) is 22.1. The molecule has 0 atom stereocenters. The summed E-state index contributed by atoms with van der Waals surface area (Å²) in [5.74, 6) is 3.28. The summed E-state index contributed by atoms with van der Waals surface area (Å²) in [6.45, 7) is 0. The van der Waals surface area contributed by atoms with Gasteiger partial charge in [-0.2, -0.15) is 0 Å². The van der Waals surface area contributed by atoms with Crippen molar-refractivity contribution in [2.75, 3.05) is 4.90 Å². The van der Waals surface area contributed by atoms with Gasteiger partial charge in [-0.25, -0.2) is 0 Å². The molecule has 0 N–H and O–H groups in total. The van der Waals surface area contributed by atoms with Crippen molar-refractivity contribution >= 4 is 45.9 Å². The maximum Gasteiger partial charge on any atom is 0.179 e. The Kier molecular flexibility index (Phi) is 7.46. The maximum atomic E-state index is 2.62. The number of nitrogens with zero attached hydrogens (tertiary/aromatic N) is 1. The molecule has 12 rings (SSSR count). The number of hydrogen-bond donors (Lipinski definition) is 0. The van der Waals surface area contributed by atoms with E-state index in [4.69, 9.17) is 0 Å². The van der Waals surface area contributed by atoms with Crippen molar-refractivity contribution < 1.29 is 0 Å². The van der Waals surface area contributed by atoms with Crippen molar-refractivity contribution in [3.05, 3.63) is 199 Å². The first kappa shape index (κ1) is 32.0. The van der Waals surface area contributed by atoms with Gasteiger partial charge in [0.2, 0.25) is 0 Å². The van der Waals surface area contributed by atoms with Gasteiger partial charge in [0.1, 0.15) is 0 Å². The summed E-state index contributed by atoms with van der Waals surface area (Å²) in [5.41, 5.74) is 9.73. The van der Waals surface area contributed by atoms with Gasteiger partial charge >= 0.3 is 0 Å². The predicted octanol–water partition coefficient (Wildman–Crippen LogP) is 10.3. The second-order valence-corrected chi connectivity index (χ2v) is 20.3. The van der Waals surface area contributed by atoms with Crippen molar-refractivity contribution in [1.29, 1.82) is 0 Å². The second kappa shape index (κ2) is 12.6. The molecule has 0 radical (unpaired) electrons. The van der Waals surface area contributed by atoms with Crippen LogP contribution in [0.4, 0.5) is 17.1 Å². The lowest BCUT2D eigenvalue weighted by molar-refractivity contribution is -0.0419. The van der Waals surface area contributed by atoms with Gasteiger partial charge in [0, 0.05) is 11.0 Å². The molecule has 4 fully saturated rings. The normalized spacial score (nSPS) is 21.8. The number of benzene rings is 7. The Labute approximate surface area is 321 Å². The molecule has 1 nitrogen and oxygen atoms in total. The fourth-order valence-electron chi connectivity index (χ4n) is 12.3. The molecule has 0 unspecified atom stereocenters. The van der Waals surface area contributed by atoms with Crippen LogP contribution in [0, 0.1) is 23.7 Å². The van der Waals surface area contributed by atoms with Gasteiger partial charge in [-0.05, 0) is 111 Å². The SMILES string of the molecule is c1ccc([Si](c2ccccc2)(c2ccccc2)c2cccc(-c3ccccc3N3c4ccccc4C4(c5ccccc53)C3CC5C[C@H](C3)C[C@H]4C5)c2)cc1. The Balaban J connectivity index is 1.12. The first-order valence-electron chi connectivity index (χ1n) is 20.1. The Morgan fingerprint density at radius 3 is 1.33 bits per heavy atom. The van der Waals surface area contributed by atoms with Crippen LogP contribution in [0.3, 0.4) is 0 Å². The number of fused-ring (bicyclic) bond motifs is 2. The first-order chi connectivity index (χ1) is 26.8. The summed E-state index contributed by atoms with van der Waals surface area (Å²) in [6, 6.07) is 71.6. The zero-order valence-electron chi connectivity index (χ0n) is 30.7. The van der Waals surface area contributed by atoms with E-state index >= 15 is 0 Å². The molecule has 0 aromatic heterocycles. The molecule has 0 amide bonds. The van der Waals surface area contributed by atoms with Crippen LogP contribution < -0.4 is 25.6 Å². The lowest BCUT2D eigenvalue weighted by atomic mass is 9.41. The Hall–Kier alpha value is -5.44. The van der Waals surface area contributed by atoms with E-state index in [1.165, 1.54) is 81.0 Å². The maximum absolute atomic E-state index is 2.69. The summed E-state index contributed by atoms with van der Waals surface area (Å²) in [4.78, 5) is 2.62. The summed E-state index contributed by atoms with van der Waals surface area (Å²) in [5, 5.41) is 5.58. The highest BCUT2D eigenvalue weighted by Crippen LogP contribution is 2.69. The smallest absolute Gasteiger partial charge is 0.179 e. The summed E-state index contributed by atoms with van der Waals surface area (Å²) < 4.78 is 0. The fraction of sp³-hybridized carbons (Fsp3) is 0.192. The third-order valence-corrected chi connectivity index (χ3v) is 18.8. The van der Waals surface area contributed by atoms with Crippen LogP contribution in [0.25, 0.3) is 11.1 Å². The molecule has 1 heterocycles. The van der Waals surface area contributed by atoms with Crippen molar-refractivity contribution in [2.24, 2.45) is 23.7 Å². The molecular formula is C52H45NSi. The van der Waals surface area contributed by atoms with Crippen LogP contribution in [0.1, 0.15) is 43.2 Å². The van der Waals surface area contributed by atoms with Gasteiger partial charge in [-0.3, -0.25) is 0 Å². The van der Waals surface area contributed by atoms with Crippen LogP contribution in [0.5, 0.6) is 0 Å². The molecule has 1 spiro atoms. The van der Waals surface area contributed by atoms with Crippen LogP contribution in [-0.4, -0.2) is 8.07 Å². The largest absolute Gasteiger partial charge is 0.309 e. The van der Waals surface area contributed by atoms with Crippen LogP contribution >= 0.6 is 0 Å².